The molecule has 1 aromatic carbocycles. The summed E-state index contributed by atoms with van der Waals surface area (Å²) in [7, 11) is 0. The third-order valence-corrected chi connectivity index (χ3v) is 6.37. The monoisotopic (exact) mass is 409 g/mol. The zero-order valence-electron chi connectivity index (χ0n) is 18.0. The summed E-state index contributed by atoms with van der Waals surface area (Å²) in [5, 5.41) is 4.64. The van der Waals surface area contributed by atoms with E-state index in [1.54, 1.807) is 10.7 Å². The van der Waals surface area contributed by atoms with Gasteiger partial charge in [0.2, 0.25) is 0 Å². The first kappa shape index (κ1) is 20.6. The van der Waals surface area contributed by atoms with Gasteiger partial charge in [-0.15, -0.1) is 0 Å². The quantitative estimate of drug-likeness (QED) is 0.761. The Hall–Kier alpha value is -2.63. The van der Waals surface area contributed by atoms with E-state index in [2.05, 4.69) is 5.10 Å². The molecule has 1 aliphatic carbocycles. The van der Waals surface area contributed by atoms with E-state index in [4.69, 9.17) is 4.74 Å². The molecule has 0 spiro atoms. The molecule has 6 nitrogen and oxygen atoms in total. The number of fused-ring (bicyclic) bond motifs is 1. The van der Waals surface area contributed by atoms with E-state index in [-0.39, 0.29) is 18.1 Å². The SMILES string of the molecule is Cc1ccc(C)c(OCC(=O)N2CCC(Cn3nc4c(cc3=O)CCCC4)CC2)c1. The van der Waals surface area contributed by atoms with Crippen molar-refractivity contribution in [3.05, 3.63) is 57.0 Å². The predicted octanol–water partition coefficient (Wildman–Crippen LogP) is 3.06. The molecule has 0 radical (unpaired) electrons. The molecule has 1 fully saturated rings. The van der Waals surface area contributed by atoms with Crippen LogP contribution in [-0.2, 0) is 24.2 Å². The number of piperidine rings is 1. The maximum atomic E-state index is 12.6. The van der Waals surface area contributed by atoms with Gasteiger partial charge in [-0.25, -0.2) is 4.68 Å². The molecule has 160 valence electrons. The van der Waals surface area contributed by atoms with E-state index in [0.717, 1.165) is 66.7 Å². The lowest BCUT2D eigenvalue weighted by Gasteiger charge is -2.32. The van der Waals surface area contributed by atoms with Gasteiger partial charge in [-0.2, -0.15) is 5.10 Å². The fourth-order valence-corrected chi connectivity index (χ4v) is 4.43. The van der Waals surface area contributed by atoms with Crippen LogP contribution in [0.1, 0.15) is 48.1 Å². The molecule has 2 aromatic rings. The van der Waals surface area contributed by atoms with Crippen molar-refractivity contribution in [2.24, 2.45) is 5.92 Å². The number of nitrogens with zero attached hydrogens (tertiary/aromatic N) is 3. The van der Waals surface area contributed by atoms with E-state index < -0.39 is 0 Å². The van der Waals surface area contributed by atoms with Crippen molar-refractivity contribution >= 4 is 5.91 Å². The molecule has 1 amide bonds. The van der Waals surface area contributed by atoms with Crippen molar-refractivity contribution in [1.82, 2.24) is 14.7 Å². The Morgan fingerprint density at radius 3 is 2.70 bits per heavy atom. The van der Waals surface area contributed by atoms with Crippen LogP contribution < -0.4 is 10.3 Å². The van der Waals surface area contributed by atoms with Gasteiger partial charge in [-0.3, -0.25) is 9.59 Å². The van der Waals surface area contributed by atoms with Crippen LogP contribution in [0.2, 0.25) is 0 Å². The highest BCUT2D eigenvalue weighted by atomic mass is 16.5. The number of rotatable bonds is 5. The Morgan fingerprint density at radius 1 is 1.13 bits per heavy atom. The standard InChI is InChI=1S/C24H31N3O3/c1-17-7-8-18(2)22(13-17)30-16-24(29)26-11-9-19(10-12-26)15-27-23(28)14-20-5-3-4-6-21(20)25-27/h7-8,13-14,19H,3-6,9-12,15-16H2,1-2H3. The molecule has 0 N–H and O–H groups in total. The third kappa shape index (κ3) is 4.74. The Kier molecular flexibility index (Phi) is 6.21. The summed E-state index contributed by atoms with van der Waals surface area (Å²) < 4.78 is 7.43. The number of aryl methyl sites for hydroxylation is 4. The van der Waals surface area contributed by atoms with Gasteiger partial charge < -0.3 is 9.64 Å². The summed E-state index contributed by atoms with van der Waals surface area (Å²) in [6.07, 6.45) is 6.04. The topological polar surface area (TPSA) is 64.4 Å². The van der Waals surface area contributed by atoms with Gasteiger partial charge in [0.15, 0.2) is 6.61 Å². The highest BCUT2D eigenvalue weighted by molar-refractivity contribution is 5.77. The molecule has 0 bridgehead atoms. The van der Waals surface area contributed by atoms with Gasteiger partial charge in [0, 0.05) is 25.7 Å². The molecular formula is C24H31N3O3. The first-order valence-electron chi connectivity index (χ1n) is 11.1. The second-order valence-electron chi connectivity index (χ2n) is 8.73. The minimum atomic E-state index is 0.0103. The van der Waals surface area contributed by atoms with Gasteiger partial charge in [-0.1, -0.05) is 12.1 Å². The molecule has 2 aliphatic rings. The van der Waals surface area contributed by atoms with Gasteiger partial charge in [0.1, 0.15) is 5.75 Å². The van der Waals surface area contributed by atoms with Crippen LogP contribution in [0.3, 0.4) is 0 Å². The molecule has 1 saturated heterocycles. The van der Waals surface area contributed by atoms with Crippen molar-refractivity contribution in [3.63, 3.8) is 0 Å². The summed E-state index contributed by atoms with van der Waals surface area (Å²) in [4.78, 5) is 26.9. The van der Waals surface area contributed by atoms with Crippen LogP contribution in [0.4, 0.5) is 0 Å². The molecule has 4 rings (SSSR count). The number of carbonyl (C=O) groups is 1. The first-order chi connectivity index (χ1) is 14.5. The number of ether oxygens (including phenoxy) is 1. The molecule has 0 saturated carbocycles. The van der Waals surface area contributed by atoms with Crippen LogP contribution in [-0.4, -0.2) is 40.3 Å². The molecule has 6 heteroatoms. The molecule has 30 heavy (non-hydrogen) atoms. The number of aromatic nitrogens is 2. The van der Waals surface area contributed by atoms with Crippen LogP contribution in [0.25, 0.3) is 0 Å². The van der Waals surface area contributed by atoms with E-state index in [0.29, 0.717) is 25.6 Å². The van der Waals surface area contributed by atoms with Gasteiger partial charge in [0.25, 0.3) is 11.5 Å². The lowest BCUT2D eigenvalue weighted by Crippen LogP contribution is -2.42. The average molecular weight is 410 g/mol. The largest absolute Gasteiger partial charge is 0.483 e. The zero-order chi connectivity index (χ0) is 21.1. The fourth-order valence-electron chi connectivity index (χ4n) is 4.43. The minimum absolute atomic E-state index is 0.0103. The maximum Gasteiger partial charge on any atom is 0.267 e. The third-order valence-electron chi connectivity index (χ3n) is 6.37. The van der Waals surface area contributed by atoms with Crippen molar-refractivity contribution in [2.45, 2.75) is 58.9 Å². The van der Waals surface area contributed by atoms with E-state index >= 15 is 0 Å². The first-order valence-corrected chi connectivity index (χ1v) is 11.1. The molecule has 1 aliphatic heterocycles. The van der Waals surface area contributed by atoms with Crippen molar-refractivity contribution in [3.8, 4) is 5.75 Å². The normalized spacial score (nSPS) is 16.9. The molecular weight excluding hydrogens is 378 g/mol. The summed E-state index contributed by atoms with van der Waals surface area (Å²) in [6, 6.07) is 7.80. The summed E-state index contributed by atoms with van der Waals surface area (Å²) in [5.41, 5.74) is 4.39. The second kappa shape index (κ2) is 9.02. The number of likely N-dealkylation sites (tertiary alicyclic amines) is 1. The van der Waals surface area contributed by atoms with Gasteiger partial charge in [-0.05, 0) is 81.0 Å². The highest BCUT2D eigenvalue weighted by Gasteiger charge is 2.24. The molecule has 1 aromatic heterocycles. The number of amides is 1. The Bertz CT molecular complexity index is 974. The van der Waals surface area contributed by atoms with E-state index in [1.165, 1.54) is 0 Å². The van der Waals surface area contributed by atoms with Crippen LogP contribution in [0.15, 0.2) is 29.1 Å². The van der Waals surface area contributed by atoms with E-state index in [1.807, 2.05) is 36.9 Å². The lowest BCUT2D eigenvalue weighted by atomic mass is 9.96. The summed E-state index contributed by atoms with van der Waals surface area (Å²) in [6.45, 7) is 6.13. The number of hydrogen-bond acceptors (Lipinski definition) is 4. The Labute approximate surface area is 177 Å². The smallest absolute Gasteiger partial charge is 0.267 e. The fraction of sp³-hybridized carbons (Fsp3) is 0.542. The summed E-state index contributed by atoms with van der Waals surface area (Å²) >= 11 is 0. The van der Waals surface area contributed by atoms with Crippen LogP contribution in [0.5, 0.6) is 5.75 Å². The predicted molar refractivity (Wildman–Crippen MR) is 116 cm³/mol. The van der Waals surface area contributed by atoms with Crippen molar-refractivity contribution in [1.29, 1.82) is 0 Å². The molecule has 0 atom stereocenters. The maximum absolute atomic E-state index is 12.6. The number of hydrogen-bond donors (Lipinski definition) is 0. The van der Waals surface area contributed by atoms with Gasteiger partial charge >= 0.3 is 0 Å². The average Bonchev–Trinajstić information content (AvgIpc) is 2.75. The Morgan fingerprint density at radius 2 is 1.90 bits per heavy atom. The zero-order valence-corrected chi connectivity index (χ0v) is 18.0. The van der Waals surface area contributed by atoms with Crippen LogP contribution >= 0.6 is 0 Å². The van der Waals surface area contributed by atoms with Crippen molar-refractivity contribution < 1.29 is 9.53 Å². The minimum Gasteiger partial charge on any atom is -0.483 e. The van der Waals surface area contributed by atoms with Crippen molar-refractivity contribution in [2.75, 3.05) is 19.7 Å². The van der Waals surface area contributed by atoms with Crippen LogP contribution in [0, 0.1) is 19.8 Å². The molecule has 2 heterocycles. The second-order valence-corrected chi connectivity index (χ2v) is 8.73. The lowest BCUT2D eigenvalue weighted by molar-refractivity contribution is -0.134. The molecule has 0 unspecified atom stereocenters. The number of benzene rings is 1. The highest BCUT2D eigenvalue weighted by Crippen LogP contribution is 2.22. The van der Waals surface area contributed by atoms with Gasteiger partial charge in [0.05, 0.1) is 5.69 Å². The number of carbonyl (C=O) groups excluding carboxylic acids is 1. The summed E-state index contributed by atoms with van der Waals surface area (Å²) in [5.74, 6) is 1.18. The van der Waals surface area contributed by atoms with E-state index in [9.17, 15) is 9.59 Å². The Balaban J connectivity index is 1.29.